The Morgan fingerprint density at radius 1 is 1.06 bits per heavy atom. The quantitative estimate of drug-likeness (QED) is 0.738. The van der Waals surface area contributed by atoms with Crippen molar-refractivity contribution in [3.8, 4) is 0 Å². The summed E-state index contributed by atoms with van der Waals surface area (Å²) in [4.78, 5) is 11.9. The summed E-state index contributed by atoms with van der Waals surface area (Å²) in [6.07, 6.45) is 10.2. The first-order valence-corrected chi connectivity index (χ1v) is 7.62. The van der Waals surface area contributed by atoms with Gasteiger partial charge in [0, 0.05) is 11.6 Å². The van der Waals surface area contributed by atoms with Gasteiger partial charge in [-0.25, -0.2) is 0 Å². The van der Waals surface area contributed by atoms with Gasteiger partial charge in [0.2, 0.25) is 5.91 Å². The van der Waals surface area contributed by atoms with Crippen LogP contribution in [0.2, 0.25) is 0 Å². The summed E-state index contributed by atoms with van der Waals surface area (Å²) in [7, 11) is 0. The summed E-state index contributed by atoms with van der Waals surface area (Å²) < 4.78 is 0. The summed E-state index contributed by atoms with van der Waals surface area (Å²) in [6, 6.07) is 0.422. The predicted octanol–water partition coefficient (Wildman–Crippen LogP) is 2.60. The number of hydrogen-bond acceptors (Lipinski definition) is 2. The number of nitrogens with one attached hydrogen (secondary N) is 2. The first-order valence-electron chi connectivity index (χ1n) is 7.62. The Morgan fingerprint density at radius 2 is 1.67 bits per heavy atom. The number of carbonyl (C=O) groups excluding carboxylic acids is 1. The third-order valence-corrected chi connectivity index (χ3v) is 4.52. The minimum Gasteiger partial charge on any atom is -0.352 e. The van der Waals surface area contributed by atoms with E-state index in [1.807, 2.05) is 0 Å². The van der Waals surface area contributed by atoms with Gasteiger partial charge in [0.1, 0.15) is 0 Å². The lowest BCUT2D eigenvalue weighted by Gasteiger charge is -2.26. The molecule has 0 aliphatic heterocycles. The smallest absolute Gasteiger partial charge is 0.234 e. The standard InChI is InChI=1S/C15H28N2O/c1-15(2,12-9-10-12)16-11-14(18)17-13-7-5-3-4-6-8-13/h12-13,16H,3-11H2,1-2H3,(H,17,18). The third-order valence-electron chi connectivity index (χ3n) is 4.52. The van der Waals surface area contributed by atoms with E-state index < -0.39 is 0 Å². The van der Waals surface area contributed by atoms with Gasteiger partial charge in [-0.2, -0.15) is 0 Å². The van der Waals surface area contributed by atoms with Crippen LogP contribution in [0.4, 0.5) is 0 Å². The van der Waals surface area contributed by atoms with Gasteiger partial charge in [-0.05, 0) is 45.4 Å². The Labute approximate surface area is 111 Å². The number of carbonyl (C=O) groups is 1. The van der Waals surface area contributed by atoms with Gasteiger partial charge in [0.15, 0.2) is 0 Å². The second-order valence-electron chi connectivity index (χ2n) is 6.61. The molecule has 0 heterocycles. The van der Waals surface area contributed by atoms with E-state index in [0.29, 0.717) is 12.6 Å². The van der Waals surface area contributed by atoms with Crippen LogP contribution in [0.15, 0.2) is 0 Å². The average Bonchev–Trinajstić information content (AvgIpc) is 3.14. The molecule has 3 nitrogen and oxygen atoms in total. The fraction of sp³-hybridized carbons (Fsp3) is 0.933. The Bertz CT molecular complexity index is 276. The van der Waals surface area contributed by atoms with Crippen LogP contribution in [-0.4, -0.2) is 24.0 Å². The van der Waals surface area contributed by atoms with E-state index in [-0.39, 0.29) is 11.4 Å². The molecule has 2 aliphatic rings. The fourth-order valence-electron chi connectivity index (χ4n) is 2.96. The Balaban J connectivity index is 1.67. The highest BCUT2D eigenvalue weighted by molar-refractivity contribution is 5.78. The van der Waals surface area contributed by atoms with Crippen molar-refractivity contribution in [2.45, 2.75) is 76.8 Å². The van der Waals surface area contributed by atoms with Crippen LogP contribution in [0.1, 0.15) is 65.2 Å². The SMILES string of the molecule is CC(C)(NCC(=O)NC1CCCCCC1)C1CC1. The molecule has 2 saturated carbocycles. The van der Waals surface area contributed by atoms with Gasteiger partial charge in [-0.3, -0.25) is 4.79 Å². The maximum atomic E-state index is 11.9. The zero-order valence-electron chi connectivity index (χ0n) is 11.9. The van der Waals surface area contributed by atoms with Gasteiger partial charge in [-0.1, -0.05) is 25.7 Å². The van der Waals surface area contributed by atoms with E-state index in [0.717, 1.165) is 18.8 Å². The van der Waals surface area contributed by atoms with E-state index in [2.05, 4.69) is 24.5 Å². The highest BCUT2D eigenvalue weighted by Crippen LogP contribution is 2.38. The number of rotatable bonds is 5. The van der Waals surface area contributed by atoms with Crippen molar-refractivity contribution in [1.82, 2.24) is 10.6 Å². The van der Waals surface area contributed by atoms with Crippen molar-refractivity contribution in [3.05, 3.63) is 0 Å². The molecule has 0 aromatic heterocycles. The van der Waals surface area contributed by atoms with Gasteiger partial charge < -0.3 is 10.6 Å². The van der Waals surface area contributed by atoms with Crippen LogP contribution in [0.5, 0.6) is 0 Å². The normalized spacial score (nSPS) is 22.6. The number of amides is 1. The predicted molar refractivity (Wildman–Crippen MR) is 74.4 cm³/mol. The van der Waals surface area contributed by atoms with E-state index >= 15 is 0 Å². The van der Waals surface area contributed by atoms with E-state index in [1.165, 1.54) is 38.5 Å². The molecular formula is C15H28N2O. The van der Waals surface area contributed by atoms with Crippen LogP contribution in [0.3, 0.4) is 0 Å². The van der Waals surface area contributed by atoms with Crippen molar-refractivity contribution in [2.75, 3.05) is 6.54 Å². The molecule has 0 radical (unpaired) electrons. The van der Waals surface area contributed by atoms with Gasteiger partial charge in [-0.15, -0.1) is 0 Å². The molecule has 1 amide bonds. The zero-order chi connectivity index (χ0) is 13.0. The molecule has 0 aromatic carbocycles. The van der Waals surface area contributed by atoms with Crippen molar-refractivity contribution < 1.29 is 4.79 Å². The summed E-state index contributed by atoms with van der Waals surface area (Å²) in [5, 5.41) is 6.60. The lowest BCUT2D eigenvalue weighted by atomic mass is 9.99. The first-order chi connectivity index (χ1) is 8.58. The van der Waals surface area contributed by atoms with Crippen LogP contribution in [0.25, 0.3) is 0 Å². The topological polar surface area (TPSA) is 41.1 Å². The molecule has 0 aromatic rings. The molecule has 0 unspecified atom stereocenters. The maximum Gasteiger partial charge on any atom is 0.234 e. The van der Waals surface area contributed by atoms with Gasteiger partial charge in [0.05, 0.1) is 6.54 Å². The van der Waals surface area contributed by atoms with Crippen LogP contribution < -0.4 is 10.6 Å². The summed E-state index contributed by atoms with van der Waals surface area (Å²) in [5.74, 6) is 0.943. The summed E-state index contributed by atoms with van der Waals surface area (Å²) in [5.41, 5.74) is 0.126. The molecule has 3 heteroatoms. The molecule has 2 rings (SSSR count). The van der Waals surface area contributed by atoms with E-state index in [4.69, 9.17) is 0 Å². The lowest BCUT2D eigenvalue weighted by molar-refractivity contribution is -0.121. The van der Waals surface area contributed by atoms with Crippen LogP contribution >= 0.6 is 0 Å². The Kier molecular flexibility index (Phi) is 4.66. The van der Waals surface area contributed by atoms with Crippen molar-refractivity contribution in [2.24, 2.45) is 5.92 Å². The monoisotopic (exact) mass is 252 g/mol. The minimum absolute atomic E-state index is 0.126. The molecule has 18 heavy (non-hydrogen) atoms. The summed E-state index contributed by atoms with van der Waals surface area (Å²) in [6.45, 7) is 4.90. The lowest BCUT2D eigenvalue weighted by Crippen LogP contribution is -2.48. The molecule has 0 saturated heterocycles. The van der Waals surface area contributed by atoms with Crippen LogP contribution in [0, 0.1) is 5.92 Å². The highest BCUT2D eigenvalue weighted by Gasteiger charge is 2.37. The summed E-state index contributed by atoms with van der Waals surface area (Å²) >= 11 is 0. The second kappa shape index (κ2) is 6.05. The minimum atomic E-state index is 0.126. The largest absolute Gasteiger partial charge is 0.352 e. The van der Waals surface area contributed by atoms with Gasteiger partial charge in [0.25, 0.3) is 0 Å². The van der Waals surface area contributed by atoms with E-state index in [9.17, 15) is 4.79 Å². The molecule has 0 bridgehead atoms. The molecular weight excluding hydrogens is 224 g/mol. The van der Waals surface area contributed by atoms with E-state index in [1.54, 1.807) is 0 Å². The highest BCUT2D eigenvalue weighted by atomic mass is 16.2. The molecule has 2 N–H and O–H groups in total. The van der Waals surface area contributed by atoms with Gasteiger partial charge >= 0.3 is 0 Å². The Hall–Kier alpha value is -0.570. The molecule has 104 valence electrons. The molecule has 2 aliphatic carbocycles. The maximum absolute atomic E-state index is 11.9. The van der Waals surface area contributed by atoms with Crippen LogP contribution in [-0.2, 0) is 4.79 Å². The molecule has 2 fully saturated rings. The third kappa shape index (κ3) is 4.27. The second-order valence-corrected chi connectivity index (χ2v) is 6.61. The average molecular weight is 252 g/mol. The molecule has 0 atom stereocenters. The van der Waals surface area contributed by atoms with Crippen molar-refractivity contribution in [3.63, 3.8) is 0 Å². The zero-order valence-corrected chi connectivity index (χ0v) is 11.9. The van der Waals surface area contributed by atoms with Crippen molar-refractivity contribution >= 4 is 5.91 Å². The molecule has 0 spiro atoms. The number of hydrogen-bond donors (Lipinski definition) is 2. The Morgan fingerprint density at radius 3 is 2.22 bits per heavy atom. The van der Waals surface area contributed by atoms with Crippen molar-refractivity contribution in [1.29, 1.82) is 0 Å². The fourth-order valence-corrected chi connectivity index (χ4v) is 2.96. The first kappa shape index (κ1) is 13.9.